The largest absolute Gasteiger partial charge is 0.472 e. The summed E-state index contributed by atoms with van der Waals surface area (Å²) < 4.78 is 6.72. The molecule has 7 heteroatoms. The molecule has 1 N–H and O–H groups in total. The summed E-state index contributed by atoms with van der Waals surface area (Å²) in [5, 5.41) is 7.03. The van der Waals surface area contributed by atoms with Gasteiger partial charge in [0.15, 0.2) is 0 Å². The molecule has 0 saturated heterocycles. The first kappa shape index (κ1) is 18.4. The van der Waals surface area contributed by atoms with E-state index in [0.29, 0.717) is 18.7 Å². The zero-order valence-electron chi connectivity index (χ0n) is 15.3. The molecule has 7 nitrogen and oxygen atoms in total. The minimum Gasteiger partial charge on any atom is -0.472 e. The number of benzene rings is 1. The molecule has 27 heavy (non-hydrogen) atoms. The van der Waals surface area contributed by atoms with Gasteiger partial charge in [0, 0.05) is 25.4 Å². The van der Waals surface area contributed by atoms with Gasteiger partial charge in [0.2, 0.25) is 5.91 Å². The molecule has 0 spiro atoms. The summed E-state index contributed by atoms with van der Waals surface area (Å²) in [4.78, 5) is 26.1. The number of nitrogens with one attached hydrogen (secondary N) is 1. The summed E-state index contributed by atoms with van der Waals surface area (Å²) in [7, 11) is 1.71. The van der Waals surface area contributed by atoms with Gasteiger partial charge in [-0.2, -0.15) is 5.10 Å². The van der Waals surface area contributed by atoms with Crippen LogP contribution in [0.3, 0.4) is 0 Å². The van der Waals surface area contributed by atoms with Crippen LogP contribution in [0.2, 0.25) is 0 Å². The van der Waals surface area contributed by atoms with Crippen molar-refractivity contribution in [1.29, 1.82) is 0 Å². The van der Waals surface area contributed by atoms with E-state index in [1.165, 1.54) is 12.5 Å². The molecule has 0 bridgehead atoms. The number of amides is 2. The van der Waals surface area contributed by atoms with Crippen molar-refractivity contribution in [2.24, 2.45) is 0 Å². The molecule has 1 unspecified atom stereocenters. The fraction of sp³-hybridized carbons (Fsp3) is 0.250. The Kier molecular flexibility index (Phi) is 5.71. The Morgan fingerprint density at radius 2 is 2.00 bits per heavy atom. The number of carbonyl (C=O) groups excluding carboxylic acids is 2. The lowest BCUT2D eigenvalue weighted by molar-refractivity contribution is -0.132. The smallest absolute Gasteiger partial charge is 0.255 e. The highest BCUT2D eigenvalue weighted by molar-refractivity contribution is 5.97. The summed E-state index contributed by atoms with van der Waals surface area (Å²) >= 11 is 0. The third-order valence-corrected chi connectivity index (χ3v) is 4.17. The molecule has 0 fully saturated rings. The van der Waals surface area contributed by atoms with E-state index in [-0.39, 0.29) is 11.8 Å². The van der Waals surface area contributed by atoms with Crippen LogP contribution < -0.4 is 5.32 Å². The molecular formula is C20H22N4O3. The van der Waals surface area contributed by atoms with Gasteiger partial charge in [-0.25, -0.2) is 0 Å². The molecule has 1 aromatic carbocycles. The Labute approximate surface area is 157 Å². The molecule has 140 valence electrons. The third kappa shape index (κ3) is 4.84. The van der Waals surface area contributed by atoms with Gasteiger partial charge in [-0.15, -0.1) is 0 Å². The van der Waals surface area contributed by atoms with E-state index in [1.807, 2.05) is 41.2 Å². The maximum atomic E-state index is 12.5. The number of likely N-dealkylation sites (N-methyl/N-ethyl adjacent to an activating group) is 1. The summed E-state index contributed by atoms with van der Waals surface area (Å²) in [5.74, 6) is -0.517. The fourth-order valence-corrected chi connectivity index (χ4v) is 2.76. The van der Waals surface area contributed by atoms with Crippen LogP contribution in [0.25, 0.3) is 0 Å². The second kappa shape index (κ2) is 8.35. The minimum absolute atomic E-state index is 0.178. The molecule has 2 aromatic heterocycles. The minimum atomic E-state index is -0.642. The van der Waals surface area contributed by atoms with Crippen LogP contribution in [0.1, 0.15) is 28.4 Å². The van der Waals surface area contributed by atoms with Gasteiger partial charge in [-0.05, 0) is 18.6 Å². The molecule has 3 aromatic rings. The molecule has 2 heterocycles. The molecular weight excluding hydrogens is 344 g/mol. The Morgan fingerprint density at radius 1 is 1.22 bits per heavy atom. The maximum absolute atomic E-state index is 12.5. The number of aromatic nitrogens is 2. The number of hydrogen-bond donors (Lipinski definition) is 1. The first-order chi connectivity index (χ1) is 13.0. The molecule has 3 rings (SSSR count). The number of nitrogens with zero attached hydrogens (tertiary/aromatic N) is 3. The summed E-state index contributed by atoms with van der Waals surface area (Å²) in [6.07, 6.45) is 6.44. The van der Waals surface area contributed by atoms with Crippen LogP contribution >= 0.6 is 0 Å². The van der Waals surface area contributed by atoms with Gasteiger partial charge in [-0.3, -0.25) is 14.3 Å². The van der Waals surface area contributed by atoms with Crippen LogP contribution in [-0.2, 0) is 17.9 Å². The van der Waals surface area contributed by atoms with Gasteiger partial charge in [0.1, 0.15) is 12.3 Å². The Hall–Kier alpha value is -3.35. The monoisotopic (exact) mass is 366 g/mol. The van der Waals surface area contributed by atoms with Crippen LogP contribution in [0, 0.1) is 0 Å². The molecule has 2 amide bonds. The molecule has 0 aliphatic carbocycles. The van der Waals surface area contributed by atoms with Crippen molar-refractivity contribution in [3.05, 3.63) is 78.0 Å². The van der Waals surface area contributed by atoms with E-state index in [0.717, 1.165) is 11.1 Å². The zero-order chi connectivity index (χ0) is 19.2. The zero-order valence-corrected chi connectivity index (χ0v) is 15.3. The Morgan fingerprint density at radius 3 is 2.70 bits per heavy atom. The van der Waals surface area contributed by atoms with Gasteiger partial charge in [0.05, 0.1) is 24.6 Å². The van der Waals surface area contributed by atoms with Gasteiger partial charge in [0.25, 0.3) is 5.91 Å². The van der Waals surface area contributed by atoms with E-state index in [1.54, 1.807) is 31.1 Å². The molecule has 1 atom stereocenters. The van der Waals surface area contributed by atoms with E-state index in [9.17, 15) is 9.59 Å². The molecule has 0 saturated carbocycles. The normalized spacial score (nSPS) is 11.8. The first-order valence-electron chi connectivity index (χ1n) is 8.66. The molecule has 0 radical (unpaired) electrons. The second-order valence-electron chi connectivity index (χ2n) is 6.43. The van der Waals surface area contributed by atoms with Crippen LogP contribution in [0.5, 0.6) is 0 Å². The average molecular weight is 366 g/mol. The van der Waals surface area contributed by atoms with Crippen molar-refractivity contribution < 1.29 is 14.0 Å². The van der Waals surface area contributed by atoms with Gasteiger partial charge in [-0.1, -0.05) is 30.3 Å². The highest BCUT2D eigenvalue weighted by Crippen LogP contribution is 2.07. The summed E-state index contributed by atoms with van der Waals surface area (Å²) in [6, 6.07) is 11.0. The summed E-state index contributed by atoms with van der Waals surface area (Å²) in [6.45, 7) is 2.75. The Bertz CT molecular complexity index is 887. The van der Waals surface area contributed by atoms with Crippen molar-refractivity contribution in [2.75, 3.05) is 7.05 Å². The van der Waals surface area contributed by atoms with Crippen molar-refractivity contribution in [1.82, 2.24) is 20.0 Å². The van der Waals surface area contributed by atoms with Crippen LogP contribution in [0.4, 0.5) is 0 Å². The number of rotatable bonds is 7. The fourth-order valence-electron chi connectivity index (χ4n) is 2.76. The van der Waals surface area contributed by atoms with E-state index >= 15 is 0 Å². The lowest BCUT2D eigenvalue weighted by Gasteiger charge is -2.21. The van der Waals surface area contributed by atoms with E-state index in [2.05, 4.69) is 10.4 Å². The quantitative estimate of drug-likeness (QED) is 0.696. The van der Waals surface area contributed by atoms with Gasteiger partial charge < -0.3 is 14.6 Å². The standard InChI is InChI=1S/C20H22N4O3/c1-15(22-19(25)18-8-9-27-14-18)20(26)23(2)11-17-10-21-24(13-17)12-16-6-4-3-5-7-16/h3-10,13-15H,11-12H2,1-2H3,(H,22,25). The van der Waals surface area contributed by atoms with Gasteiger partial charge >= 0.3 is 0 Å². The maximum Gasteiger partial charge on any atom is 0.255 e. The Balaban J connectivity index is 1.54. The number of furan rings is 1. The van der Waals surface area contributed by atoms with E-state index in [4.69, 9.17) is 4.42 Å². The predicted molar refractivity (Wildman–Crippen MR) is 99.9 cm³/mol. The predicted octanol–water partition coefficient (Wildman–Crippen LogP) is 2.30. The molecule has 0 aliphatic rings. The topological polar surface area (TPSA) is 80.4 Å². The van der Waals surface area contributed by atoms with Crippen molar-refractivity contribution >= 4 is 11.8 Å². The lowest BCUT2D eigenvalue weighted by atomic mass is 10.2. The van der Waals surface area contributed by atoms with E-state index < -0.39 is 6.04 Å². The van der Waals surface area contributed by atoms with Crippen molar-refractivity contribution in [3.8, 4) is 0 Å². The van der Waals surface area contributed by atoms with Crippen LogP contribution in [-0.4, -0.2) is 39.6 Å². The highest BCUT2D eigenvalue weighted by Gasteiger charge is 2.21. The number of hydrogen-bond acceptors (Lipinski definition) is 4. The van der Waals surface area contributed by atoms with Crippen molar-refractivity contribution in [2.45, 2.75) is 26.1 Å². The van der Waals surface area contributed by atoms with Crippen LogP contribution in [0.15, 0.2) is 65.7 Å². The third-order valence-electron chi connectivity index (χ3n) is 4.17. The SMILES string of the molecule is CC(NC(=O)c1ccoc1)C(=O)N(C)Cc1cnn(Cc2ccccc2)c1. The second-order valence-corrected chi connectivity index (χ2v) is 6.43. The average Bonchev–Trinajstić information content (AvgIpc) is 3.34. The first-order valence-corrected chi connectivity index (χ1v) is 8.66. The summed E-state index contributed by atoms with van der Waals surface area (Å²) in [5.41, 5.74) is 2.47. The number of carbonyl (C=O) groups is 2. The van der Waals surface area contributed by atoms with Crippen molar-refractivity contribution in [3.63, 3.8) is 0 Å². The molecule has 0 aliphatic heterocycles. The highest BCUT2D eigenvalue weighted by atomic mass is 16.3. The lowest BCUT2D eigenvalue weighted by Crippen LogP contribution is -2.45.